The second-order valence-electron chi connectivity index (χ2n) is 4.39. The Morgan fingerprint density at radius 3 is 2.67 bits per heavy atom. The van der Waals surface area contributed by atoms with E-state index in [4.69, 9.17) is 0 Å². The van der Waals surface area contributed by atoms with Gasteiger partial charge in [0.25, 0.3) is 5.91 Å². The van der Waals surface area contributed by atoms with Crippen molar-refractivity contribution in [3.05, 3.63) is 24.0 Å². The molecule has 0 radical (unpaired) electrons. The molecule has 0 unspecified atom stereocenters. The maximum absolute atomic E-state index is 12.1. The smallest absolute Gasteiger partial charge is 0.270 e. The predicted octanol–water partition coefficient (Wildman–Crippen LogP) is 0.122. The van der Waals surface area contributed by atoms with Gasteiger partial charge in [0.15, 0.2) is 0 Å². The van der Waals surface area contributed by atoms with E-state index < -0.39 is 10.0 Å². The number of amides is 1. The summed E-state index contributed by atoms with van der Waals surface area (Å²) in [6.07, 6.45) is 3.57. The molecule has 1 aromatic rings. The zero-order valence-corrected chi connectivity index (χ0v) is 11.1. The molecular formula is C11H17N3O3S. The van der Waals surface area contributed by atoms with Gasteiger partial charge < -0.3 is 9.88 Å². The van der Waals surface area contributed by atoms with Crippen LogP contribution in [0.4, 0.5) is 0 Å². The summed E-state index contributed by atoms with van der Waals surface area (Å²) < 4.78 is 24.3. The molecule has 1 aliphatic heterocycles. The normalized spacial score (nSPS) is 18.6. The Labute approximate surface area is 107 Å². The van der Waals surface area contributed by atoms with Gasteiger partial charge in [0.05, 0.1) is 6.26 Å². The number of rotatable bonds is 2. The van der Waals surface area contributed by atoms with E-state index in [1.807, 2.05) is 0 Å². The molecule has 6 nitrogen and oxygen atoms in total. The first-order valence-corrected chi connectivity index (χ1v) is 7.71. The monoisotopic (exact) mass is 271 g/mol. The van der Waals surface area contributed by atoms with Crippen LogP contribution in [-0.4, -0.2) is 60.9 Å². The van der Waals surface area contributed by atoms with Gasteiger partial charge in [0.2, 0.25) is 10.0 Å². The predicted molar refractivity (Wildman–Crippen MR) is 67.7 cm³/mol. The lowest BCUT2D eigenvalue weighted by Crippen LogP contribution is -2.37. The fraction of sp³-hybridized carbons (Fsp3) is 0.545. The molecule has 0 saturated carbocycles. The molecule has 7 heteroatoms. The molecule has 0 atom stereocenters. The lowest BCUT2D eigenvalue weighted by Gasteiger charge is -2.20. The standard InChI is InChI=1S/C11H17N3O3S/c1-18(16,17)14-7-3-6-13(8-9-14)11(15)10-4-2-5-12-10/h2,4-5,12H,3,6-9H2,1H3. The quantitative estimate of drug-likeness (QED) is 0.830. The Bertz CT molecular complexity index is 510. The van der Waals surface area contributed by atoms with Crippen molar-refractivity contribution in [2.45, 2.75) is 6.42 Å². The first-order valence-electron chi connectivity index (χ1n) is 5.86. The summed E-state index contributed by atoms with van der Waals surface area (Å²) in [6.45, 7) is 1.87. The molecule has 0 aromatic carbocycles. The molecule has 0 aliphatic carbocycles. The summed E-state index contributed by atoms with van der Waals surface area (Å²) in [5, 5.41) is 0. The summed E-state index contributed by atoms with van der Waals surface area (Å²) in [6, 6.07) is 3.50. The van der Waals surface area contributed by atoms with E-state index in [0.29, 0.717) is 38.3 Å². The molecule has 1 saturated heterocycles. The molecule has 0 spiro atoms. The van der Waals surface area contributed by atoms with Crippen LogP contribution in [0, 0.1) is 0 Å². The maximum Gasteiger partial charge on any atom is 0.270 e. The van der Waals surface area contributed by atoms with Crippen LogP contribution >= 0.6 is 0 Å². The molecule has 0 bridgehead atoms. The van der Waals surface area contributed by atoms with Gasteiger partial charge in [-0.15, -0.1) is 0 Å². The van der Waals surface area contributed by atoms with Gasteiger partial charge in [0.1, 0.15) is 5.69 Å². The average Bonchev–Trinajstić information content (AvgIpc) is 2.70. The van der Waals surface area contributed by atoms with E-state index in [9.17, 15) is 13.2 Å². The van der Waals surface area contributed by atoms with Crippen molar-refractivity contribution in [2.75, 3.05) is 32.4 Å². The van der Waals surface area contributed by atoms with Gasteiger partial charge in [0, 0.05) is 32.4 Å². The molecule has 1 aliphatic rings. The average molecular weight is 271 g/mol. The number of nitrogens with one attached hydrogen (secondary N) is 1. The third-order valence-corrected chi connectivity index (χ3v) is 4.34. The van der Waals surface area contributed by atoms with Crippen LogP contribution in [-0.2, 0) is 10.0 Å². The minimum absolute atomic E-state index is 0.0737. The van der Waals surface area contributed by atoms with Crippen molar-refractivity contribution < 1.29 is 13.2 Å². The third-order valence-electron chi connectivity index (χ3n) is 3.04. The van der Waals surface area contributed by atoms with Crippen LogP contribution in [0.5, 0.6) is 0 Å². The number of H-pyrrole nitrogens is 1. The van der Waals surface area contributed by atoms with E-state index >= 15 is 0 Å². The summed E-state index contributed by atoms with van der Waals surface area (Å²) in [5.74, 6) is -0.0737. The van der Waals surface area contributed by atoms with Crippen LogP contribution < -0.4 is 0 Å². The van der Waals surface area contributed by atoms with Crippen LogP contribution in [0.15, 0.2) is 18.3 Å². The second-order valence-corrected chi connectivity index (χ2v) is 6.37. The highest BCUT2D eigenvalue weighted by Crippen LogP contribution is 2.10. The van der Waals surface area contributed by atoms with Crippen LogP contribution in [0.3, 0.4) is 0 Å². The van der Waals surface area contributed by atoms with Gasteiger partial charge in [-0.3, -0.25) is 4.79 Å². The Hall–Kier alpha value is -1.34. The Balaban J connectivity index is 2.04. The highest BCUT2D eigenvalue weighted by Gasteiger charge is 2.24. The number of carbonyl (C=O) groups is 1. The van der Waals surface area contributed by atoms with E-state index in [1.165, 1.54) is 10.6 Å². The van der Waals surface area contributed by atoms with Crippen molar-refractivity contribution in [3.63, 3.8) is 0 Å². The minimum Gasteiger partial charge on any atom is -0.357 e. The number of hydrogen-bond donors (Lipinski definition) is 1. The van der Waals surface area contributed by atoms with E-state index in [-0.39, 0.29) is 5.91 Å². The van der Waals surface area contributed by atoms with Crippen LogP contribution in [0.2, 0.25) is 0 Å². The van der Waals surface area contributed by atoms with E-state index in [0.717, 1.165) is 0 Å². The fourth-order valence-corrected chi connectivity index (χ4v) is 2.94. The van der Waals surface area contributed by atoms with Gasteiger partial charge in [-0.1, -0.05) is 0 Å². The highest BCUT2D eigenvalue weighted by molar-refractivity contribution is 7.88. The minimum atomic E-state index is -3.16. The zero-order valence-electron chi connectivity index (χ0n) is 10.3. The summed E-state index contributed by atoms with van der Waals surface area (Å²) in [4.78, 5) is 16.7. The molecule has 1 fully saturated rings. The molecule has 1 aromatic heterocycles. The van der Waals surface area contributed by atoms with Gasteiger partial charge >= 0.3 is 0 Å². The number of hydrogen-bond acceptors (Lipinski definition) is 3. The lowest BCUT2D eigenvalue weighted by atomic mass is 10.3. The molecule has 1 amide bonds. The van der Waals surface area contributed by atoms with Gasteiger partial charge in [-0.05, 0) is 18.6 Å². The van der Waals surface area contributed by atoms with Crippen molar-refractivity contribution >= 4 is 15.9 Å². The largest absolute Gasteiger partial charge is 0.357 e. The molecule has 100 valence electrons. The number of nitrogens with zero attached hydrogens (tertiary/aromatic N) is 2. The topological polar surface area (TPSA) is 73.5 Å². The van der Waals surface area contributed by atoms with Crippen molar-refractivity contribution in [2.24, 2.45) is 0 Å². The number of aromatic nitrogens is 1. The first-order chi connectivity index (χ1) is 8.48. The molecule has 2 heterocycles. The Morgan fingerprint density at radius 2 is 2.06 bits per heavy atom. The number of sulfonamides is 1. The summed E-state index contributed by atoms with van der Waals surface area (Å²) in [7, 11) is -3.16. The van der Waals surface area contributed by atoms with Gasteiger partial charge in [-0.2, -0.15) is 0 Å². The van der Waals surface area contributed by atoms with Gasteiger partial charge in [-0.25, -0.2) is 12.7 Å². The van der Waals surface area contributed by atoms with Crippen molar-refractivity contribution in [1.82, 2.24) is 14.2 Å². The Morgan fingerprint density at radius 1 is 1.28 bits per heavy atom. The molecule has 1 N–H and O–H groups in total. The summed E-state index contributed by atoms with van der Waals surface area (Å²) in [5.41, 5.74) is 0.544. The number of carbonyl (C=O) groups excluding carboxylic acids is 1. The SMILES string of the molecule is CS(=O)(=O)N1CCCN(C(=O)c2ccc[nH]2)CC1. The molecule has 18 heavy (non-hydrogen) atoms. The maximum atomic E-state index is 12.1. The van der Waals surface area contributed by atoms with E-state index in [2.05, 4.69) is 4.98 Å². The lowest BCUT2D eigenvalue weighted by molar-refractivity contribution is 0.0759. The molecule has 2 rings (SSSR count). The number of aromatic amines is 1. The second kappa shape index (κ2) is 5.11. The summed E-state index contributed by atoms with van der Waals surface area (Å²) >= 11 is 0. The Kier molecular flexibility index (Phi) is 3.72. The first kappa shape index (κ1) is 13.1. The zero-order chi connectivity index (χ0) is 13.2. The van der Waals surface area contributed by atoms with Crippen molar-refractivity contribution in [3.8, 4) is 0 Å². The molecular weight excluding hydrogens is 254 g/mol. The van der Waals surface area contributed by atoms with Crippen LogP contribution in [0.1, 0.15) is 16.9 Å². The third kappa shape index (κ3) is 2.91. The van der Waals surface area contributed by atoms with Crippen molar-refractivity contribution in [1.29, 1.82) is 0 Å². The highest BCUT2D eigenvalue weighted by atomic mass is 32.2. The fourth-order valence-electron chi connectivity index (χ4n) is 2.06. The van der Waals surface area contributed by atoms with E-state index in [1.54, 1.807) is 23.2 Å². The van der Waals surface area contributed by atoms with Crippen LogP contribution in [0.25, 0.3) is 0 Å².